The molecule has 0 aliphatic carbocycles. The average Bonchev–Trinajstić information content (AvgIpc) is 3.01. The van der Waals surface area contributed by atoms with Gasteiger partial charge in [0, 0.05) is 23.5 Å². The molecule has 3 rings (SSSR count). The molecular weight excluding hydrogens is 511 g/mol. The van der Waals surface area contributed by atoms with Gasteiger partial charge in [-0.05, 0) is 54.8 Å². The van der Waals surface area contributed by atoms with Gasteiger partial charge in [-0.25, -0.2) is 14.4 Å². The van der Waals surface area contributed by atoms with E-state index < -0.39 is 6.17 Å². The van der Waals surface area contributed by atoms with Crippen LogP contribution in [-0.2, 0) is 0 Å². The van der Waals surface area contributed by atoms with Gasteiger partial charge >= 0.3 is 0 Å². The molecule has 1 aromatic heterocycles. The van der Waals surface area contributed by atoms with Crippen LogP contribution in [0.25, 0.3) is 22.5 Å². The monoisotopic (exact) mass is 562 g/mol. The molecule has 0 fully saturated rings. The van der Waals surface area contributed by atoms with E-state index in [0.29, 0.717) is 18.0 Å². The van der Waals surface area contributed by atoms with Gasteiger partial charge in [-0.15, -0.1) is 0 Å². The quantitative estimate of drug-likeness (QED) is 0.114. The average molecular weight is 563 g/mol. The summed E-state index contributed by atoms with van der Waals surface area (Å²) in [5.74, 6) is 2.22. The van der Waals surface area contributed by atoms with Gasteiger partial charge in [0.1, 0.15) is 24.3 Å². The second kappa shape index (κ2) is 20.0. The van der Waals surface area contributed by atoms with Crippen molar-refractivity contribution in [3.05, 3.63) is 60.9 Å². The molecule has 1 unspecified atom stereocenters. The highest BCUT2D eigenvalue weighted by atomic mass is 19.1. The smallest absolute Gasteiger partial charge is 0.159 e. The van der Waals surface area contributed by atoms with Gasteiger partial charge in [-0.2, -0.15) is 0 Å². The third-order valence-corrected chi connectivity index (χ3v) is 7.52. The molecule has 0 saturated heterocycles. The number of alkyl halides is 1. The van der Waals surface area contributed by atoms with Gasteiger partial charge in [0.15, 0.2) is 5.82 Å². The maximum Gasteiger partial charge on any atom is 0.159 e. The van der Waals surface area contributed by atoms with Crippen molar-refractivity contribution < 1.29 is 13.9 Å². The first kappa shape index (κ1) is 32.6. The van der Waals surface area contributed by atoms with Crippen molar-refractivity contribution in [2.45, 2.75) is 116 Å². The maximum atomic E-state index is 14.2. The highest BCUT2D eigenvalue weighted by molar-refractivity contribution is 5.64. The van der Waals surface area contributed by atoms with E-state index in [1.807, 2.05) is 48.8 Å². The van der Waals surface area contributed by atoms with E-state index >= 15 is 0 Å². The zero-order valence-corrected chi connectivity index (χ0v) is 25.5. The van der Waals surface area contributed by atoms with Crippen molar-refractivity contribution in [1.82, 2.24) is 9.97 Å². The molecule has 3 aromatic rings. The number of nitrogens with zero attached hydrogens (tertiary/aromatic N) is 2. The molecule has 1 heterocycles. The molecule has 224 valence electrons. The minimum absolute atomic E-state index is 0.0997. The third-order valence-electron chi connectivity index (χ3n) is 7.52. The Morgan fingerprint density at radius 2 is 1.05 bits per heavy atom. The van der Waals surface area contributed by atoms with Crippen molar-refractivity contribution in [2.24, 2.45) is 0 Å². The fourth-order valence-electron chi connectivity index (χ4n) is 4.91. The summed E-state index contributed by atoms with van der Waals surface area (Å²) >= 11 is 0. The number of ether oxygens (including phenoxy) is 2. The molecule has 0 N–H and O–H groups in total. The van der Waals surface area contributed by atoms with Crippen molar-refractivity contribution in [3.63, 3.8) is 0 Å². The fraction of sp³-hybridized carbons (Fsp3) is 0.556. The van der Waals surface area contributed by atoms with E-state index in [1.165, 1.54) is 70.6 Å². The Hall–Kier alpha value is -2.95. The lowest BCUT2D eigenvalue weighted by Crippen LogP contribution is -2.12. The standard InChI is InChI=1S/C36H51FN2O2/c1-3-5-7-9-11-12-14-16-26-40-34-22-18-30(19-23-34)32-27-38-36(39-28-32)31-20-24-35(25-21-31)41-29-33(37)17-15-13-10-8-6-4-2/h18-25,27-28,33H,3-17,26,29H2,1-2H3. The lowest BCUT2D eigenvalue weighted by atomic mass is 10.1. The van der Waals surface area contributed by atoms with E-state index in [9.17, 15) is 4.39 Å². The van der Waals surface area contributed by atoms with Crippen LogP contribution in [0, 0.1) is 0 Å². The minimum atomic E-state index is -0.924. The Labute approximate surface area is 248 Å². The van der Waals surface area contributed by atoms with E-state index in [2.05, 4.69) is 35.9 Å². The summed E-state index contributed by atoms with van der Waals surface area (Å²) in [7, 11) is 0. The molecule has 0 bridgehead atoms. The van der Waals surface area contributed by atoms with Gasteiger partial charge in [0.2, 0.25) is 0 Å². The lowest BCUT2D eigenvalue weighted by molar-refractivity contribution is 0.184. The van der Waals surface area contributed by atoms with Crippen molar-refractivity contribution in [2.75, 3.05) is 13.2 Å². The summed E-state index contributed by atoms with van der Waals surface area (Å²) < 4.78 is 25.8. The van der Waals surface area contributed by atoms with Crippen molar-refractivity contribution in [3.8, 4) is 34.0 Å². The summed E-state index contributed by atoms with van der Waals surface area (Å²) in [6, 6.07) is 15.7. The number of rotatable bonds is 22. The highest BCUT2D eigenvalue weighted by Gasteiger charge is 2.09. The molecule has 4 nitrogen and oxygen atoms in total. The van der Waals surface area contributed by atoms with Crippen LogP contribution in [0.3, 0.4) is 0 Å². The van der Waals surface area contributed by atoms with Gasteiger partial charge < -0.3 is 9.47 Å². The SMILES string of the molecule is CCCCCCCCCCOc1ccc(-c2cnc(-c3ccc(OCC(F)CCCCCCCC)cc3)nc2)cc1. The highest BCUT2D eigenvalue weighted by Crippen LogP contribution is 2.24. The largest absolute Gasteiger partial charge is 0.494 e. The van der Waals surface area contributed by atoms with E-state index in [0.717, 1.165) is 48.3 Å². The summed E-state index contributed by atoms with van der Waals surface area (Å²) in [4.78, 5) is 9.14. The van der Waals surface area contributed by atoms with Gasteiger partial charge in [-0.3, -0.25) is 0 Å². The third kappa shape index (κ3) is 13.1. The first-order chi connectivity index (χ1) is 20.2. The van der Waals surface area contributed by atoms with Crippen molar-refractivity contribution in [1.29, 1.82) is 0 Å². The normalized spacial score (nSPS) is 11.9. The fourth-order valence-corrected chi connectivity index (χ4v) is 4.91. The maximum absolute atomic E-state index is 14.2. The molecule has 5 heteroatoms. The Kier molecular flexibility index (Phi) is 15.9. The first-order valence-corrected chi connectivity index (χ1v) is 16.1. The van der Waals surface area contributed by atoms with Crippen LogP contribution >= 0.6 is 0 Å². The van der Waals surface area contributed by atoms with E-state index in [4.69, 9.17) is 9.47 Å². The minimum Gasteiger partial charge on any atom is -0.494 e. The Morgan fingerprint density at radius 3 is 1.63 bits per heavy atom. The predicted octanol–water partition coefficient (Wildman–Crippen LogP) is 10.8. The molecule has 2 aromatic carbocycles. The summed E-state index contributed by atoms with van der Waals surface area (Å²) in [5, 5.41) is 0. The molecule has 0 spiro atoms. The zero-order chi connectivity index (χ0) is 29.0. The molecule has 41 heavy (non-hydrogen) atoms. The number of benzene rings is 2. The summed E-state index contributed by atoms with van der Waals surface area (Å²) in [6.07, 6.45) is 20.7. The predicted molar refractivity (Wildman–Crippen MR) is 169 cm³/mol. The Balaban J connectivity index is 1.36. The van der Waals surface area contributed by atoms with Crippen LogP contribution < -0.4 is 9.47 Å². The molecular formula is C36H51FN2O2. The van der Waals surface area contributed by atoms with Crippen LogP contribution in [0.5, 0.6) is 11.5 Å². The second-order valence-corrected chi connectivity index (χ2v) is 11.1. The second-order valence-electron chi connectivity index (χ2n) is 11.1. The summed E-state index contributed by atoms with van der Waals surface area (Å²) in [6.45, 7) is 5.33. The van der Waals surface area contributed by atoms with Crippen LogP contribution in [0.15, 0.2) is 60.9 Å². The molecule has 1 atom stereocenters. The Bertz CT molecular complexity index is 1050. The van der Waals surface area contributed by atoms with Crippen molar-refractivity contribution >= 4 is 0 Å². The topological polar surface area (TPSA) is 44.2 Å². The summed E-state index contributed by atoms with van der Waals surface area (Å²) in [5.41, 5.74) is 2.92. The van der Waals surface area contributed by atoms with Crippen LogP contribution in [0.4, 0.5) is 4.39 Å². The molecule has 0 radical (unpaired) electrons. The molecule has 0 saturated carbocycles. The lowest BCUT2D eigenvalue weighted by Gasteiger charge is -2.11. The number of halogens is 1. The van der Waals surface area contributed by atoms with Gasteiger partial charge in [-0.1, -0.05) is 109 Å². The first-order valence-electron chi connectivity index (χ1n) is 16.1. The number of unbranched alkanes of at least 4 members (excludes halogenated alkanes) is 12. The van der Waals surface area contributed by atoms with Gasteiger partial charge in [0.05, 0.1) is 6.61 Å². The zero-order valence-electron chi connectivity index (χ0n) is 25.5. The number of aromatic nitrogens is 2. The molecule has 0 amide bonds. The molecule has 0 aliphatic rings. The number of hydrogen-bond acceptors (Lipinski definition) is 4. The van der Waals surface area contributed by atoms with Crippen LogP contribution in [0.1, 0.15) is 110 Å². The van der Waals surface area contributed by atoms with Crippen LogP contribution in [-0.4, -0.2) is 29.4 Å². The van der Waals surface area contributed by atoms with Gasteiger partial charge in [0.25, 0.3) is 0 Å². The van der Waals surface area contributed by atoms with Crippen LogP contribution in [0.2, 0.25) is 0 Å². The Morgan fingerprint density at radius 1 is 0.561 bits per heavy atom. The van der Waals surface area contributed by atoms with E-state index in [1.54, 1.807) is 0 Å². The van der Waals surface area contributed by atoms with E-state index in [-0.39, 0.29) is 6.61 Å². The molecule has 0 aliphatic heterocycles. The number of hydrogen-bond donors (Lipinski definition) is 0.